The molecule has 0 aliphatic heterocycles. The second kappa shape index (κ2) is 9.74. The number of aliphatic hydroxyl groups excluding tert-OH is 1. The zero-order valence-electron chi connectivity index (χ0n) is 19.0. The van der Waals surface area contributed by atoms with Crippen molar-refractivity contribution in [2.24, 2.45) is 35.0 Å². The van der Waals surface area contributed by atoms with Crippen LogP contribution in [0, 0.1) is 35.0 Å². The van der Waals surface area contributed by atoms with Gasteiger partial charge in [-0.25, -0.2) is 0 Å². The highest BCUT2D eigenvalue weighted by Gasteiger charge is 2.55. The molecule has 6 atom stereocenters. The maximum Gasteiger partial charge on any atom is 0.137 e. The van der Waals surface area contributed by atoms with Crippen LogP contribution < -0.4 is 0 Å². The molecule has 4 heteroatoms. The Kier molecular flexibility index (Phi) is 7.52. The van der Waals surface area contributed by atoms with Gasteiger partial charge in [0.15, 0.2) is 0 Å². The number of rotatable bonds is 8. The lowest BCUT2D eigenvalue weighted by atomic mass is 9.50. The Morgan fingerprint density at radius 1 is 1.20 bits per heavy atom. The Labute approximate surface area is 181 Å². The van der Waals surface area contributed by atoms with Gasteiger partial charge in [-0.3, -0.25) is 9.59 Å². The molecule has 1 N–H and O–H groups in total. The van der Waals surface area contributed by atoms with Gasteiger partial charge in [0.2, 0.25) is 0 Å². The van der Waals surface area contributed by atoms with E-state index in [1.54, 1.807) is 0 Å². The lowest BCUT2D eigenvalue weighted by Crippen LogP contribution is -2.55. The molecular weight excluding hydrogens is 376 g/mol. The number of fused-ring (bicyclic) bond motifs is 1. The van der Waals surface area contributed by atoms with Crippen molar-refractivity contribution in [3.8, 4) is 0 Å². The number of ketones is 2. The molecular formula is C26H38O4. The van der Waals surface area contributed by atoms with Crippen molar-refractivity contribution in [1.82, 2.24) is 0 Å². The zero-order chi connectivity index (χ0) is 21.9. The third-order valence-corrected chi connectivity index (χ3v) is 7.70. The lowest BCUT2D eigenvalue weighted by Gasteiger charge is -2.54. The molecule has 2 fully saturated rings. The Morgan fingerprint density at radius 3 is 2.57 bits per heavy atom. The highest BCUT2D eigenvalue weighted by molar-refractivity contribution is 5.90. The molecule has 0 heterocycles. The first kappa shape index (κ1) is 23.1. The summed E-state index contributed by atoms with van der Waals surface area (Å²) >= 11 is 0. The predicted octanol–water partition coefficient (Wildman–Crippen LogP) is 4.83. The number of benzene rings is 1. The lowest BCUT2D eigenvalue weighted by molar-refractivity contribution is -0.157. The predicted molar refractivity (Wildman–Crippen MR) is 118 cm³/mol. The van der Waals surface area contributed by atoms with Crippen LogP contribution >= 0.6 is 0 Å². The maximum atomic E-state index is 13.3. The molecule has 2 aliphatic carbocycles. The summed E-state index contributed by atoms with van der Waals surface area (Å²) in [6, 6.07) is 10.0. The van der Waals surface area contributed by atoms with Crippen molar-refractivity contribution in [3.63, 3.8) is 0 Å². The van der Waals surface area contributed by atoms with E-state index in [2.05, 4.69) is 20.8 Å². The third-order valence-electron chi connectivity index (χ3n) is 7.70. The molecule has 2 aliphatic rings. The molecule has 30 heavy (non-hydrogen) atoms. The van der Waals surface area contributed by atoms with E-state index < -0.39 is 6.10 Å². The Bertz CT molecular complexity index is 728. The molecule has 3 rings (SSSR count). The maximum absolute atomic E-state index is 13.3. The van der Waals surface area contributed by atoms with E-state index in [0.717, 1.165) is 18.4 Å². The van der Waals surface area contributed by atoms with Crippen LogP contribution in [0.1, 0.15) is 65.4 Å². The van der Waals surface area contributed by atoms with Crippen molar-refractivity contribution in [1.29, 1.82) is 0 Å². The van der Waals surface area contributed by atoms with Gasteiger partial charge >= 0.3 is 0 Å². The first-order chi connectivity index (χ1) is 14.2. The molecule has 0 saturated heterocycles. The van der Waals surface area contributed by atoms with Gasteiger partial charge in [0.05, 0.1) is 12.7 Å². The summed E-state index contributed by atoms with van der Waals surface area (Å²) in [5, 5.41) is 11.0. The zero-order valence-corrected chi connectivity index (χ0v) is 19.0. The molecule has 1 aromatic carbocycles. The van der Waals surface area contributed by atoms with E-state index in [4.69, 9.17) is 4.74 Å². The van der Waals surface area contributed by atoms with Crippen molar-refractivity contribution in [2.45, 2.75) is 72.5 Å². The van der Waals surface area contributed by atoms with E-state index in [9.17, 15) is 14.7 Å². The van der Waals surface area contributed by atoms with Gasteiger partial charge in [-0.05, 0) is 47.5 Å². The van der Waals surface area contributed by atoms with E-state index in [-0.39, 0.29) is 40.7 Å². The topological polar surface area (TPSA) is 63.6 Å². The first-order valence-electron chi connectivity index (χ1n) is 11.6. The summed E-state index contributed by atoms with van der Waals surface area (Å²) in [7, 11) is 0. The molecule has 0 aromatic heterocycles. The Morgan fingerprint density at radius 2 is 1.90 bits per heavy atom. The third kappa shape index (κ3) is 5.03. The average molecular weight is 415 g/mol. The highest BCUT2D eigenvalue weighted by atomic mass is 16.5. The smallest absolute Gasteiger partial charge is 0.137 e. The molecule has 166 valence electrons. The second-order valence-electron chi connectivity index (χ2n) is 10.3. The quantitative estimate of drug-likeness (QED) is 0.662. The first-order valence-corrected chi connectivity index (χ1v) is 11.6. The van der Waals surface area contributed by atoms with E-state index in [1.807, 2.05) is 37.3 Å². The van der Waals surface area contributed by atoms with Gasteiger partial charge in [-0.2, -0.15) is 0 Å². The fraction of sp³-hybridized carbons (Fsp3) is 0.692. The fourth-order valence-corrected chi connectivity index (χ4v) is 5.80. The highest BCUT2D eigenvalue weighted by Crippen LogP contribution is 2.55. The van der Waals surface area contributed by atoms with Crippen molar-refractivity contribution >= 4 is 11.6 Å². The van der Waals surface area contributed by atoms with E-state index in [0.29, 0.717) is 38.4 Å². The molecule has 0 amide bonds. The summed E-state index contributed by atoms with van der Waals surface area (Å²) in [6.45, 7) is 9.53. The number of hydrogen-bond donors (Lipinski definition) is 1. The molecule has 0 unspecified atom stereocenters. The largest absolute Gasteiger partial charge is 0.393 e. The van der Waals surface area contributed by atoms with Gasteiger partial charge in [-0.1, -0.05) is 58.0 Å². The van der Waals surface area contributed by atoms with Gasteiger partial charge in [0.25, 0.3) is 0 Å². The second-order valence-corrected chi connectivity index (χ2v) is 10.3. The van der Waals surface area contributed by atoms with Crippen LogP contribution in [0.15, 0.2) is 30.3 Å². The van der Waals surface area contributed by atoms with Crippen LogP contribution in [-0.2, 0) is 20.9 Å². The summed E-state index contributed by atoms with van der Waals surface area (Å²) in [5.74, 6) is 0.639. The number of carbonyl (C=O) groups excluding carboxylic acids is 2. The van der Waals surface area contributed by atoms with E-state index in [1.165, 1.54) is 0 Å². The van der Waals surface area contributed by atoms with Crippen LogP contribution in [0.5, 0.6) is 0 Å². The standard InChI is InChI=1S/C26H38O4/c1-17(2)21-10-11-26(4)22(13-20(27)14-23(26)25(21)29)24(28)12-18(3)15-30-16-19-8-6-5-7-9-19/h5-9,17-18,21-23,25,29H,10-16H2,1-4H3/t18-,21-,22+,23+,25+,26+/m0/s1. The summed E-state index contributed by atoms with van der Waals surface area (Å²) in [6.07, 6.45) is 2.54. The number of aliphatic hydroxyl groups is 1. The van der Waals surface area contributed by atoms with Crippen LogP contribution in [0.2, 0.25) is 0 Å². The van der Waals surface area contributed by atoms with Crippen LogP contribution in [0.25, 0.3) is 0 Å². The van der Waals surface area contributed by atoms with Gasteiger partial charge in [0.1, 0.15) is 11.6 Å². The minimum atomic E-state index is -0.491. The van der Waals surface area contributed by atoms with Crippen molar-refractivity contribution in [3.05, 3.63) is 35.9 Å². The van der Waals surface area contributed by atoms with Crippen molar-refractivity contribution in [2.75, 3.05) is 6.61 Å². The summed E-state index contributed by atoms with van der Waals surface area (Å²) in [4.78, 5) is 25.8. The van der Waals surface area contributed by atoms with Gasteiger partial charge in [0, 0.05) is 31.8 Å². The molecule has 0 radical (unpaired) electrons. The van der Waals surface area contributed by atoms with Gasteiger partial charge < -0.3 is 9.84 Å². The molecule has 0 bridgehead atoms. The molecule has 1 aromatic rings. The monoisotopic (exact) mass is 414 g/mol. The van der Waals surface area contributed by atoms with Crippen LogP contribution in [0.4, 0.5) is 0 Å². The SMILES string of the molecule is CC(C)[C@@H]1CC[C@]2(C)[C@@H](C(=O)C[C@H](C)COCc3ccccc3)CC(=O)C[C@@H]2[C@@H]1O. The normalized spacial score (nSPS) is 32.7. The van der Waals surface area contributed by atoms with Crippen LogP contribution in [0.3, 0.4) is 0 Å². The molecule has 2 saturated carbocycles. The number of ether oxygens (including phenoxy) is 1. The summed E-state index contributed by atoms with van der Waals surface area (Å²) < 4.78 is 5.82. The Balaban J connectivity index is 1.60. The average Bonchev–Trinajstić information content (AvgIpc) is 2.69. The Hall–Kier alpha value is -1.52. The molecule has 4 nitrogen and oxygen atoms in total. The number of carbonyl (C=O) groups is 2. The minimum absolute atomic E-state index is 0.0986. The van der Waals surface area contributed by atoms with Gasteiger partial charge in [-0.15, -0.1) is 0 Å². The fourth-order valence-electron chi connectivity index (χ4n) is 5.80. The minimum Gasteiger partial charge on any atom is -0.393 e. The number of Topliss-reactive ketones (excluding diaryl/α,β-unsaturated/α-hetero) is 2. The summed E-state index contributed by atoms with van der Waals surface area (Å²) in [5.41, 5.74) is 0.848. The molecule has 0 spiro atoms. The number of hydrogen-bond acceptors (Lipinski definition) is 4. The van der Waals surface area contributed by atoms with Crippen molar-refractivity contribution < 1.29 is 19.4 Å². The van der Waals surface area contributed by atoms with Crippen LogP contribution in [-0.4, -0.2) is 29.4 Å². The van der Waals surface area contributed by atoms with E-state index >= 15 is 0 Å².